The molecule has 5 nitrogen and oxygen atoms in total. The van der Waals surface area contributed by atoms with Gasteiger partial charge in [0.1, 0.15) is 5.75 Å². The Labute approximate surface area is 142 Å². The van der Waals surface area contributed by atoms with E-state index < -0.39 is 6.10 Å². The first-order valence-corrected chi connectivity index (χ1v) is 8.27. The highest BCUT2D eigenvalue weighted by molar-refractivity contribution is 7.16. The highest BCUT2D eigenvalue weighted by Gasteiger charge is 2.30. The Morgan fingerprint density at radius 3 is 2.87 bits per heavy atom. The maximum Gasteiger partial charge on any atom is 0.266 e. The summed E-state index contributed by atoms with van der Waals surface area (Å²) >= 11 is 7.32. The first-order chi connectivity index (χ1) is 11.0. The summed E-state index contributed by atoms with van der Waals surface area (Å²) < 4.78 is 6.33. The second-order valence-electron chi connectivity index (χ2n) is 5.25. The summed E-state index contributed by atoms with van der Waals surface area (Å²) in [6.07, 6.45) is -0.817. The zero-order valence-electron chi connectivity index (χ0n) is 12.4. The Balaban J connectivity index is 1.62. The molecule has 3 rings (SSSR count). The number of fused-ring (bicyclic) bond motifs is 1. The van der Waals surface area contributed by atoms with Gasteiger partial charge in [-0.05, 0) is 24.3 Å². The summed E-state index contributed by atoms with van der Waals surface area (Å²) in [6.45, 7) is 0.459. The lowest BCUT2D eigenvalue weighted by Gasteiger charge is -2.26. The number of anilines is 1. The number of carbonyl (C=O) groups is 2. The zero-order chi connectivity index (χ0) is 16.4. The summed E-state index contributed by atoms with van der Waals surface area (Å²) in [7, 11) is 1.70. The SMILES string of the molecule is CN(Cc1ccc(Cl)s1)C(=O)C[C@H]1Oc2ccccc2NC1=O. The van der Waals surface area contributed by atoms with E-state index >= 15 is 0 Å². The number of benzene rings is 1. The molecule has 23 heavy (non-hydrogen) atoms. The van der Waals surface area contributed by atoms with Crippen LogP contribution in [-0.2, 0) is 16.1 Å². The van der Waals surface area contributed by atoms with Gasteiger partial charge >= 0.3 is 0 Å². The van der Waals surface area contributed by atoms with Gasteiger partial charge in [-0.25, -0.2) is 0 Å². The fraction of sp³-hybridized carbons (Fsp3) is 0.250. The van der Waals surface area contributed by atoms with Crippen molar-refractivity contribution in [3.8, 4) is 5.75 Å². The summed E-state index contributed by atoms with van der Waals surface area (Å²) in [5.74, 6) is 0.122. The molecule has 0 bridgehead atoms. The van der Waals surface area contributed by atoms with Crippen LogP contribution in [0.15, 0.2) is 36.4 Å². The number of amides is 2. The lowest BCUT2D eigenvalue weighted by atomic mass is 10.1. The molecule has 0 saturated carbocycles. The lowest BCUT2D eigenvalue weighted by molar-refractivity contribution is -0.136. The molecule has 0 aliphatic carbocycles. The van der Waals surface area contributed by atoms with Gasteiger partial charge in [-0.2, -0.15) is 0 Å². The molecule has 1 aliphatic heterocycles. The summed E-state index contributed by atoms with van der Waals surface area (Å²) in [5, 5.41) is 2.76. The molecule has 2 aromatic rings. The molecule has 1 aromatic carbocycles. The molecule has 2 heterocycles. The Bertz CT molecular complexity index is 746. The largest absolute Gasteiger partial charge is 0.478 e. The van der Waals surface area contributed by atoms with Gasteiger partial charge in [-0.15, -0.1) is 11.3 Å². The molecular formula is C16H15ClN2O3S. The predicted molar refractivity (Wildman–Crippen MR) is 89.9 cm³/mol. The summed E-state index contributed by atoms with van der Waals surface area (Å²) in [6, 6.07) is 10.8. The van der Waals surface area contributed by atoms with Crippen LogP contribution in [-0.4, -0.2) is 29.9 Å². The molecule has 0 saturated heterocycles. The lowest BCUT2D eigenvalue weighted by Crippen LogP contribution is -2.41. The number of ether oxygens (including phenoxy) is 1. The number of carbonyl (C=O) groups excluding carboxylic acids is 2. The number of para-hydroxylation sites is 2. The van der Waals surface area contributed by atoms with E-state index in [-0.39, 0.29) is 18.2 Å². The van der Waals surface area contributed by atoms with Crippen LogP contribution < -0.4 is 10.1 Å². The Morgan fingerprint density at radius 2 is 2.13 bits per heavy atom. The first kappa shape index (κ1) is 15.8. The Kier molecular flexibility index (Phi) is 4.54. The van der Waals surface area contributed by atoms with Gasteiger partial charge < -0.3 is 15.0 Å². The second-order valence-corrected chi connectivity index (χ2v) is 7.05. The zero-order valence-corrected chi connectivity index (χ0v) is 14.0. The standard InChI is InChI=1S/C16H15ClN2O3S/c1-19(9-10-6-7-14(17)23-10)15(20)8-13-16(21)18-11-4-2-3-5-12(11)22-13/h2-7,13H,8-9H2,1H3,(H,18,21)/t13-/m1/s1. The molecule has 1 aliphatic rings. The van der Waals surface area contributed by atoms with Crippen LogP contribution in [0, 0.1) is 0 Å². The number of hydrogen-bond donors (Lipinski definition) is 1. The molecule has 120 valence electrons. The van der Waals surface area contributed by atoms with Crippen LogP contribution in [0.1, 0.15) is 11.3 Å². The number of thiophene rings is 1. The number of nitrogens with one attached hydrogen (secondary N) is 1. The van der Waals surface area contributed by atoms with Crippen LogP contribution in [0.3, 0.4) is 0 Å². The third-order valence-electron chi connectivity index (χ3n) is 3.51. The highest BCUT2D eigenvalue weighted by atomic mass is 35.5. The Morgan fingerprint density at radius 1 is 1.35 bits per heavy atom. The second kappa shape index (κ2) is 6.60. The number of halogens is 1. The molecule has 2 amide bonds. The van der Waals surface area contributed by atoms with E-state index in [1.54, 1.807) is 30.1 Å². The van der Waals surface area contributed by atoms with E-state index in [0.29, 0.717) is 22.3 Å². The average molecular weight is 351 g/mol. The van der Waals surface area contributed by atoms with Crippen molar-refractivity contribution in [2.45, 2.75) is 19.1 Å². The van der Waals surface area contributed by atoms with Crippen LogP contribution in [0.4, 0.5) is 5.69 Å². The highest BCUT2D eigenvalue weighted by Crippen LogP contribution is 2.30. The van der Waals surface area contributed by atoms with Crippen LogP contribution in [0.5, 0.6) is 5.75 Å². The van der Waals surface area contributed by atoms with Crippen molar-refractivity contribution in [3.05, 3.63) is 45.6 Å². The van der Waals surface area contributed by atoms with Gasteiger partial charge in [0.05, 0.1) is 23.0 Å². The Hall–Kier alpha value is -2.05. The van der Waals surface area contributed by atoms with E-state index in [9.17, 15) is 9.59 Å². The van der Waals surface area contributed by atoms with Gasteiger partial charge in [-0.1, -0.05) is 23.7 Å². The molecule has 0 radical (unpaired) electrons. The molecule has 1 atom stereocenters. The minimum absolute atomic E-state index is 0.00419. The van der Waals surface area contributed by atoms with Crippen molar-refractivity contribution in [3.63, 3.8) is 0 Å². The van der Waals surface area contributed by atoms with Crippen molar-refractivity contribution in [2.75, 3.05) is 12.4 Å². The smallest absolute Gasteiger partial charge is 0.266 e. The molecule has 0 unspecified atom stereocenters. The van der Waals surface area contributed by atoms with Crippen molar-refractivity contribution in [1.82, 2.24) is 4.90 Å². The molecule has 0 fully saturated rings. The van der Waals surface area contributed by atoms with E-state index in [4.69, 9.17) is 16.3 Å². The molecule has 1 N–H and O–H groups in total. The van der Waals surface area contributed by atoms with Gasteiger partial charge in [0.15, 0.2) is 6.10 Å². The van der Waals surface area contributed by atoms with E-state index in [1.807, 2.05) is 18.2 Å². The van der Waals surface area contributed by atoms with Crippen molar-refractivity contribution in [1.29, 1.82) is 0 Å². The fourth-order valence-electron chi connectivity index (χ4n) is 2.30. The van der Waals surface area contributed by atoms with Crippen molar-refractivity contribution in [2.24, 2.45) is 0 Å². The van der Waals surface area contributed by atoms with Gasteiger partial charge in [0, 0.05) is 11.9 Å². The summed E-state index contributed by atoms with van der Waals surface area (Å²) in [5.41, 5.74) is 0.628. The molecular weight excluding hydrogens is 336 g/mol. The fourth-order valence-corrected chi connectivity index (χ4v) is 3.44. The monoisotopic (exact) mass is 350 g/mol. The van der Waals surface area contributed by atoms with Gasteiger partial charge in [0.2, 0.25) is 5.91 Å². The van der Waals surface area contributed by atoms with Gasteiger partial charge in [-0.3, -0.25) is 9.59 Å². The third kappa shape index (κ3) is 3.65. The maximum atomic E-state index is 12.3. The normalized spacial score (nSPS) is 16.3. The third-order valence-corrected chi connectivity index (χ3v) is 4.73. The maximum absolute atomic E-state index is 12.3. The van der Waals surface area contributed by atoms with Crippen LogP contribution in [0.2, 0.25) is 4.34 Å². The van der Waals surface area contributed by atoms with E-state index in [1.165, 1.54) is 11.3 Å². The van der Waals surface area contributed by atoms with E-state index in [2.05, 4.69) is 5.32 Å². The number of hydrogen-bond acceptors (Lipinski definition) is 4. The van der Waals surface area contributed by atoms with Crippen LogP contribution >= 0.6 is 22.9 Å². The minimum Gasteiger partial charge on any atom is -0.478 e. The van der Waals surface area contributed by atoms with E-state index in [0.717, 1.165) is 4.88 Å². The molecule has 0 spiro atoms. The van der Waals surface area contributed by atoms with Crippen LogP contribution in [0.25, 0.3) is 0 Å². The predicted octanol–water partition coefficient (Wildman–Crippen LogP) is 3.15. The quantitative estimate of drug-likeness (QED) is 0.921. The molecule has 7 heteroatoms. The molecule has 1 aromatic heterocycles. The average Bonchev–Trinajstić information content (AvgIpc) is 2.93. The van der Waals surface area contributed by atoms with Gasteiger partial charge in [0.25, 0.3) is 5.91 Å². The topological polar surface area (TPSA) is 58.6 Å². The van der Waals surface area contributed by atoms with Crippen molar-refractivity contribution < 1.29 is 14.3 Å². The first-order valence-electron chi connectivity index (χ1n) is 7.07. The summed E-state index contributed by atoms with van der Waals surface area (Å²) in [4.78, 5) is 26.9. The number of rotatable bonds is 4. The number of nitrogens with zero attached hydrogens (tertiary/aromatic N) is 1. The van der Waals surface area contributed by atoms with Crippen molar-refractivity contribution >= 4 is 40.4 Å². The minimum atomic E-state index is -0.813.